The molecule has 94 valence electrons. The summed E-state index contributed by atoms with van der Waals surface area (Å²) in [6.07, 6.45) is 0. The molecule has 0 aromatic heterocycles. The highest BCUT2D eigenvalue weighted by atomic mass is 79.9. The molecule has 0 saturated heterocycles. The quantitative estimate of drug-likeness (QED) is 0.895. The molecule has 0 heterocycles. The van der Waals surface area contributed by atoms with Crippen LogP contribution in [0.15, 0.2) is 40.9 Å². The van der Waals surface area contributed by atoms with Crippen molar-refractivity contribution in [2.45, 2.75) is 6.61 Å². The number of aliphatic hydroxyl groups is 1. The van der Waals surface area contributed by atoms with Gasteiger partial charge in [0.25, 0.3) is 0 Å². The van der Waals surface area contributed by atoms with Crippen LogP contribution < -0.4 is 4.74 Å². The molecule has 0 fully saturated rings. The van der Waals surface area contributed by atoms with Crippen LogP contribution in [0.3, 0.4) is 0 Å². The zero-order chi connectivity index (χ0) is 13.1. The predicted octanol–water partition coefficient (Wildman–Crippen LogP) is 4.53. The molecule has 0 amide bonds. The number of benzene rings is 2. The first-order valence-electron chi connectivity index (χ1n) is 5.13. The van der Waals surface area contributed by atoms with E-state index in [-0.39, 0.29) is 18.1 Å². The Balaban J connectivity index is 2.42. The normalized spacial score (nSPS) is 10.4. The molecule has 2 aromatic carbocycles. The maximum Gasteiger partial charge on any atom is 0.165 e. The number of hydrogen-bond acceptors (Lipinski definition) is 2. The van der Waals surface area contributed by atoms with Gasteiger partial charge >= 0.3 is 0 Å². The maximum atomic E-state index is 13.6. The van der Waals surface area contributed by atoms with Gasteiger partial charge in [-0.3, -0.25) is 0 Å². The number of ether oxygens (including phenoxy) is 1. The van der Waals surface area contributed by atoms with E-state index in [1.807, 2.05) is 0 Å². The lowest BCUT2D eigenvalue weighted by atomic mass is 10.2. The van der Waals surface area contributed by atoms with Gasteiger partial charge in [0.05, 0.1) is 11.6 Å². The molecule has 1 N–H and O–H groups in total. The smallest absolute Gasteiger partial charge is 0.165 e. The van der Waals surface area contributed by atoms with Crippen LogP contribution in [0.25, 0.3) is 0 Å². The Morgan fingerprint density at radius 2 is 2.06 bits per heavy atom. The van der Waals surface area contributed by atoms with Crippen molar-refractivity contribution in [3.05, 3.63) is 57.3 Å². The Labute approximate surface area is 117 Å². The summed E-state index contributed by atoms with van der Waals surface area (Å²) in [6, 6.07) is 9.33. The van der Waals surface area contributed by atoms with Crippen molar-refractivity contribution in [3.63, 3.8) is 0 Å². The lowest BCUT2D eigenvalue weighted by Crippen LogP contribution is -1.94. The first kappa shape index (κ1) is 13.3. The molecule has 0 spiro atoms. The predicted molar refractivity (Wildman–Crippen MR) is 71.5 cm³/mol. The molecule has 18 heavy (non-hydrogen) atoms. The minimum atomic E-state index is -0.498. The second-order valence-electron chi connectivity index (χ2n) is 3.56. The summed E-state index contributed by atoms with van der Waals surface area (Å²) in [4.78, 5) is 0. The van der Waals surface area contributed by atoms with E-state index in [1.54, 1.807) is 24.3 Å². The van der Waals surface area contributed by atoms with E-state index in [2.05, 4.69) is 15.9 Å². The standard InChI is InChI=1S/C13H9BrClFO2/c14-9-4-5-11(16)12(6-9)18-13-8(7-17)2-1-3-10(13)15/h1-6,17H,7H2. The van der Waals surface area contributed by atoms with Crippen LogP contribution in [0.1, 0.15) is 5.56 Å². The van der Waals surface area contributed by atoms with Crippen LogP contribution in [0.4, 0.5) is 4.39 Å². The van der Waals surface area contributed by atoms with Crippen molar-refractivity contribution in [2.24, 2.45) is 0 Å². The highest BCUT2D eigenvalue weighted by Gasteiger charge is 2.12. The van der Waals surface area contributed by atoms with Gasteiger partial charge < -0.3 is 9.84 Å². The number of hydrogen-bond donors (Lipinski definition) is 1. The Morgan fingerprint density at radius 3 is 2.78 bits per heavy atom. The van der Waals surface area contributed by atoms with Crippen LogP contribution in [0.5, 0.6) is 11.5 Å². The van der Waals surface area contributed by atoms with Crippen molar-refractivity contribution >= 4 is 27.5 Å². The fraction of sp³-hybridized carbons (Fsp3) is 0.0769. The van der Waals surface area contributed by atoms with Crippen LogP contribution in [0.2, 0.25) is 5.02 Å². The van der Waals surface area contributed by atoms with Gasteiger partial charge in [-0.25, -0.2) is 4.39 Å². The molecule has 2 aromatic rings. The molecule has 0 aliphatic heterocycles. The van der Waals surface area contributed by atoms with Gasteiger partial charge in [0, 0.05) is 10.0 Å². The molecule has 0 bridgehead atoms. The second kappa shape index (κ2) is 5.69. The van der Waals surface area contributed by atoms with Crippen LogP contribution in [-0.2, 0) is 6.61 Å². The van der Waals surface area contributed by atoms with E-state index in [0.29, 0.717) is 15.1 Å². The first-order chi connectivity index (χ1) is 8.61. The number of aliphatic hydroxyl groups excluding tert-OH is 1. The fourth-order valence-electron chi connectivity index (χ4n) is 1.46. The average molecular weight is 332 g/mol. The Kier molecular flexibility index (Phi) is 4.22. The minimum absolute atomic E-state index is 0.0483. The van der Waals surface area contributed by atoms with Gasteiger partial charge in [-0.2, -0.15) is 0 Å². The summed E-state index contributed by atoms with van der Waals surface area (Å²) >= 11 is 9.21. The van der Waals surface area contributed by atoms with E-state index < -0.39 is 5.82 Å². The van der Waals surface area contributed by atoms with Gasteiger partial charge in [-0.05, 0) is 24.3 Å². The number of para-hydroxylation sites is 1. The molecule has 5 heteroatoms. The summed E-state index contributed by atoms with van der Waals surface area (Å²) in [5.41, 5.74) is 0.502. The summed E-state index contributed by atoms with van der Waals surface area (Å²) in [5.74, 6) is -0.187. The monoisotopic (exact) mass is 330 g/mol. The number of rotatable bonds is 3. The van der Waals surface area contributed by atoms with Gasteiger partial charge in [0.2, 0.25) is 0 Å². The second-order valence-corrected chi connectivity index (χ2v) is 4.89. The SMILES string of the molecule is OCc1cccc(Cl)c1Oc1cc(Br)ccc1F. The Hall–Kier alpha value is -1.10. The molecule has 0 radical (unpaired) electrons. The maximum absolute atomic E-state index is 13.6. The van der Waals surface area contributed by atoms with Crippen molar-refractivity contribution in [2.75, 3.05) is 0 Å². The third-order valence-electron chi connectivity index (χ3n) is 2.32. The highest BCUT2D eigenvalue weighted by molar-refractivity contribution is 9.10. The molecule has 0 unspecified atom stereocenters. The highest BCUT2D eigenvalue weighted by Crippen LogP contribution is 2.35. The number of halogens is 3. The van der Waals surface area contributed by atoms with E-state index >= 15 is 0 Å². The molecular weight excluding hydrogens is 322 g/mol. The summed E-state index contributed by atoms with van der Waals surface area (Å²) in [5, 5.41) is 9.52. The Bertz CT molecular complexity index is 575. The molecule has 0 atom stereocenters. The fourth-order valence-corrected chi connectivity index (χ4v) is 2.03. The van der Waals surface area contributed by atoms with Crippen molar-refractivity contribution in [1.29, 1.82) is 0 Å². The van der Waals surface area contributed by atoms with Gasteiger partial charge in [-0.15, -0.1) is 0 Å². The van der Waals surface area contributed by atoms with Gasteiger partial charge in [0.15, 0.2) is 17.3 Å². The molecule has 0 aliphatic rings. The van der Waals surface area contributed by atoms with Crippen LogP contribution in [0, 0.1) is 5.82 Å². The minimum Gasteiger partial charge on any atom is -0.452 e. The van der Waals surface area contributed by atoms with E-state index in [1.165, 1.54) is 12.1 Å². The summed E-state index contributed by atoms with van der Waals surface area (Å²) in [6.45, 7) is -0.231. The first-order valence-corrected chi connectivity index (χ1v) is 6.30. The van der Waals surface area contributed by atoms with Gasteiger partial charge in [-0.1, -0.05) is 39.7 Å². The third-order valence-corrected chi connectivity index (χ3v) is 3.12. The third kappa shape index (κ3) is 2.83. The zero-order valence-electron chi connectivity index (χ0n) is 9.16. The summed E-state index contributed by atoms with van der Waals surface area (Å²) in [7, 11) is 0. The summed E-state index contributed by atoms with van der Waals surface area (Å²) < 4.78 is 19.7. The molecule has 2 nitrogen and oxygen atoms in total. The largest absolute Gasteiger partial charge is 0.452 e. The van der Waals surface area contributed by atoms with Crippen LogP contribution >= 0.6 is 27.5 Å². The molecular formula is C13H9BrClFO2. The van der Waals surface area contributed by atoms with Crippen molar-refractivity contribution < 1.29 is 14.2 Å². The lowest BCUT2D eigenvalue weighted by Gasteiger charge is -2.12. The van der Waals surface area contributed by atoms with Crippen molar-refractivity contribution in [3.8, 4) is 11.5 Å². The van der Waals surface area contributed by atoms with E-state index in [9.17, 15) is 9.50 Å². The zero-order valence-corrected chi connectivity index (χ0v) is 11.5. The van der Waals surface area contributed by atoms with Crippen LogP contribution in [-0.4, -0.2) is 5.11 Å². The van der Waals surface area contributed by atoms with Gasteiger partial charge in [0.1, 0.15) is 0 Å². The topological polar surface area (TPSA) is 29.5 Å². The average Bonchev–Trinajstić information content (AvgIpc) is 2.36. The molecule has 0 saturated carbocycles. The molecule has 2 rings (SSSR count). The van der Waals surface area contributed by atoms with E-state index in [0.717, 1.165) is 0 Å². The lowest BCUT2D eigenvalue weighted by molar-refractivity contribution is 0.276. The van der Waals surface area contributed by atoms with E-state index in [4.69, 9.17) is 16.3 Å². The van der Waals surface area contributed by atoms with Crippen molar-refractivity contribution in [1.82, 2.24) is 0 Å². The Morgan fingerprint density at radius 1 is 1.28 bits per heavy atom. The molecule has 0 aliphatic carbocycles.